The van der Waals surface area contributed by atoms with Crippen LogP contribution in [0.3, 0.4) is 0 Å². The number of hydrogen-bond donors (Lipinski definition) is 1. The summed E-state index contributed by atoms with van der Waals surface area (Å²) >= 11 is 0. The number of epoxide rings is 1. The van der Waals surface area contributed by atoms with Crippen LogP contribution in [0.1, 0.15) is 0 Å². The van der Waals surface area contributed by atoms with Gasteiger partial charge in [0, 0.05) is 0 Å². The molecule has 0 unspecified atom stereocenters. The zero-order chi connectivity index (χ0) is 12.1. The van der Waals surface area contributed by atoms with Gasteiger partial charge in [-0.1, -0.05) is 0 Å². The number of hydrogen-bond acceptors (Lipinski definition) is 2. The fourth-order valence-electron chi connectivity index (χ4n) is 1.16. The van der Waals surface area contributed by atoms with Crippen LogP contribution in [-0.4, -0.2) is 41.9 Å². The van der Waals surface area contributed by atoms with Crippen molar-refractivity contribution in [2.24, 2.45) is 0 Å². The Balaban J connectivity index is 3.21. The Hall–Kier alpha value is -0.570. The largest absolute Gasteiger partial charge is 0.434 e. The monoisotopic (exact) mass is 242 g/mol. The first-order valence-electron chi connectivity index (χ1n) is 3.59. The summed E-state index contributed by atoms with van der Waals surface area (Å²) in [7, 11) is 0. The molecule has 1 fully saturated rings. The molecular formula is C6H5F7O2. The third-order valence-corrected chi connectivity index (χ3v) is 2.16. The van der Waals surface area contributed by atoms with Gasteiger partial charge in [0.25, 0.3) is 0 Å². The van der Waals surface area contributed by atoms with Crippen molar-refractivity contribution in [2.45, 2.75) is 23.6 Å². The van der Waals surface area contributed by atoms with Crippen LogP contribution in [0.5, 0.6) is 0 Å². The van der Waals surface area contributed by atoms with E-state index in [9.17, 15) is 30.7 Å². The average molecular weight is 242 g/mol. The van der Waals surface area contributed by atoms with Crippen molar-refractivity contribution in [3.05, 3.63) is 0 Å². The molecule has 1 rings (SSSR count). The number of halogens is 7. The summed E-state index contributed by atoms with van der Waals surface area (Å²) in [6.07, 6.45) is -12.4. The molecule has 15 heavy (non-hydrogen) atoms. The molecule has 1 aliphatic rings. The Kier molecular flexibility index (Phi) is 2.48. The minimum Gasteiger partial charge on any atom is -0.393 e. The van der Waals surface area contributed by atoms with Gasteiger partial charge < -0.3 is 9.84 Å². The molecular weight excluding hydrogens is 237 g/mol. The van der Waals surface area contributed by atoms with E-state index in [4.69, 9.17) is 5.11 Å². The third-order valence-electron chi connectivity index (χ3n) is 2.16. The number of aliphatic hydroxyl groups excluding tert-OH is 1. The summed E-state index contributed by atoms with van der Waals surface area (Å²) in [5, 5.41) is 8.35. The number of ether oxygens (including phenoxy) is 1. The molecule has 1 N–H and O–H groups in total. The molecule has 1 aliphatic heterocycles. The Morgan fingerprint density at radius 1 is 1.00 bits per heavy atom. The van der Waals surface area contributed by atoms with Crippen molar-refractivity contribution in [3.8, 4) is 0 Å². The molecule has 1 saturated heterocycles. The Morgan fingerprint density at radius 3 is 1.40 bits per heavy atom. The van der Waals surface area contributed by atoms with Gasteiger partial charge in [-0.3, -0.25) is 0 Å². The van der Waals surface area contributed by atoms with Crippen LogP contribution in [0.15, 0.2) is 0 Å². The first-order chi connectivity index (χ1) is 6.52. The lowest BCUT2D eigenvalue weighted by Gasteiger charge is -2.33. The molecule has 0 spiro atoms. The van der Waals surface area contributed by atoms with Crippen molar-refractivity contribution >= 4 is 0 Å². The molecule has 0 aromatic rings. The molecule has 90 valence electrons. The van der Waals surface area contributed by atoms with Crippen LogP contribution in [0.25, 0.3) is 0 Å². The van der Waals surface area contributed by atoms with Gasteiger partial charge in [-0.15, -0.1) is 0 Å². The Labute approximate surface area is 78.6 Å². The van der Waals surface area contributed by atoms with E-state index in [1.165, 1.54) is 0 Å². The molecule has 0 aromatic heterocycles. The minimum atomic E-state index is -6.19. The van der Waals surface area contributed by atoms with E-state index >= 15 is 0 Å². The predicted molar refractivity (Wildman–Crippen MR) is 31.7 cm³/mol. The topological polar surface area (TPSA) is 32.8 Å². The number of aliphatic hydroxyl groups is 1. The Morgan fingerprint density at radius 2 is 1.33 bits per heavy atom. The molecule has 0 aromatic carbocycles. The summed E-state index contributed by atoms with van der Waals surface area (Å²) in [6, 6.07) is 0. The molecule has 1 heterocycles. The van der Waals surface area contributed by atoms with Crippen molar-refractivity contribution in [1.29, 1.82) is 0 Å². The first-order valence-corrected chi connectivity index (χ1v) is 3.59. The molecule has 0 radical (unpaired) electrons. The van der Waals surface area contributed by atoms with Gasteiger partial charge in [0.1, 0.15) is 0 Å². The quantitative estimate of drug-likeness (QED) is 0.589. The van der Waals surface area contributed by atoms with E-state index in [0.29, 0.717) is 0 Å². The van der Waals surface area contributed by atoms with Gasteiger partial charge >= 0.3 is 18.0 Å². The summed E-state index contributed by atoms with van der Waals surface area (Å²) in [4.78, 5) is 0. The van der Waals surface area contributed by atoms with E-state index in [1.54, 1.807) is 0 Å². The smallest absolute Gasteiger partial charge is 0.393 e. The average Bonchev–Trinajstić information content (AvgIpc) is 2.79. The first kappa shape index (κ1) is 12.5. The highest BCUT2D eigenvalue weighted by Gasteiger charge is 2.86. The third kappa shape index (κ3) is 1.48. The van der Waals surface area contributed by atoms with Crippen LogP contribution in [0.4, 0.5) is 30.7 Å². The molecule has 0 amide bonds. The fraction of sp³-hybridized carbons (Fsp3) is 1.00. The molecule has 9 heteroatoms. The second-order valence-electron chi connectivity index (χ2n) is 3.10. The van der Waals surface area contributed by atoms with Crippen LogP contribution < -0.4 is 0 Å². The highest BCUT2D eigenvalue weighted by molar-refractivity contribution is 5.16. The van der Waals surface area contributed by atoms with Crippen molar-refractivity contribution in [1.82, 2.24) is 0 Å². The van der Waals surface area contributed by atoms with E-state index < -0.39 is 36.8 Å². The van der Waals surface area contributed by atoms with Crippen LogP contribution >= 0.6 is 0 Å². The summed E-state index contributed by atoms with van der Waals surface area (Å²) in [6.45, 7) is -2.82. The zero-order valence-electron chi connectivity index (χ0n) is 6.92. The maximum Gasteiger partial charge on any atom is 0.434 e. The predicted octanol–water partition coefficient (Wildman–Crippen LogP) is 1.58. The summed E-state index contributed by atoms with van der Waals surface area (Å²) in [5.74, 6) is 0. The maximum absolute atomic E-state index is 13.1. The molecule has 0 aliphatic carbocycles. The lowest BCUT2D eigenvalue weighted by atomic mass is 9.88. The standard InChI is InChI=1S/C6H5F7O2/c7-4(5(8,9)10,6(11,12)13)3(1-14)2-15-3/h14H,1-2H2/t3-/m1/s1. The van der Waals surface area contributed by atoms with E-state index in [0.717, 1.165) is 0 Å². The lowest BCUT2D eigenvalue weighted by molar-refractivity contribution is -0.361. The van der Waals surface area contributed by atoms with Crippen molar-refractivity contribution < 1.29 is 40.6 Å². The van der Waals surface area contributed by atoms with Gasteiger partial charge in [0.15, 0.2) is 5.60 Å². The summed E-state index contributed by atoms with van der Waals surface area (Å²) < 4.78 is 89.1. The lowest BCUT2D eigenvalue weighted by Crippen LogP contribution is -2.64. The fourth-order valence-corrected chi connectivity index (χ4v) is 1.16. The number of rotatable bonds is 2. The van der Waals surface area contributed by atoms with Crippen molar-refractivity contribution in [3.63, 3.8) is 0 Å². The molecule has 1 atom stereocenters. The van der Waals surface area contributed by atoms with Crippen LogP contribution in [-0.2, 0) is 4.74 Å². The maximum atomic E-state index is 13.1. The molecule has 0 bridgehead atoms. The van der Waals surface area contributed by atoms with Gasteiger partial charge in [0.05, 0.1) is 13.2 Å². The van der Waals surface area contributed by atoms with Gasteiger partial charge in [-0.25, -0.2) is 4.39 Å². The second-order valence-corrected chi connectivity index (χ2v) is 3.10. The van der Waals surface area contributed by atoms with E-state index in [2.05, 4.69) is 4.74 Å². The summed E-state index contributed by atoms with van der Waals surface area (Å²) in [5.41, 5.74) is -8.79. The van der Waals surface area contributed by atoms with Gasteiger partial charge in [0.2, 0.25) is 0 Å². The molecule has 2 nitrogen and oxygen atoms in total. The van der Waals surface area contributed by atoms with Crippen LogP contribution in [0, 0.1) is 0 Å². The zero-order valence-corrected chi connectivity index (χ0v) is 6.92. The van der Waals surface area contributed by atoms with Crippen molar-refractivity contribution in [2.75, 3.05) is 13.2 Å². The van der Waals surface area contributed by atoms with E-state index in [1.807, 2.05) is 0 Å². The highest BCUT2D eigenvalue weighted by atomic mass is 19.4. The van der Waals surface area contributed by atoms with Crippen LogP contribution in [0.2, 0.25) is 0 Å². The van der Waals surface area contributed by atoms with Gasteiger partial charge in [-0.05, 0) is 0 Å². The van der Waals surface area contributed by atoms with E-state index in [-0.39, 0.29) is 0 Å². The normalized spacial score (nSPS) is 28.0. The minimum absolute atomic E-state index is 1.13. The number of alkyl halides is 7. The van der Waals surface area contributed by atoms with Gasteiger partial charge in [-0.2, -0.15) is 26.3 Å². The molecule has 0 saturated carbocycles. The second kappa shape index (κ2) is 2.97. The SMILES string of the molecule is OC[C@]1(C(F)(C(F)(F)F)C(F)(F)F)CO1. The Bertz CT molecular complexity index is 237. The highest BCUT2D eigenvalue weighted by Crippen LogP contribution is 2.57.